The van der Waals surface area contributed by atoms with Gasteiger partial charge in [0.05, 0.1) is 22.9 Å². The van der Waals surface area contributed by atoms with Crippen LogP contribution in [-0.2, 0) is 4.79 Å². The molecule has 31 heavy (non-hydrogen) atoms. The summed E-state index contributed by atoms with van der Waals surface area (Å²) in [7, 11) is 0. The zero-order valence-electron chi connectivity index (χ0n) is 18.3. The SMILES string of the molecule is CC1CCN(CCNC(=O)[C@H](C)Oc2ccc(-c3cnc4ccccc4n3)cc2)CC1. The number of piperidine rings is 1. The lowest BCUT2D eigenvalue weighted by Gasteiger charge is -2.30. The molecule has 0 saturated carbocycles. The quantitative estimate of drug-likeness (QED) is 0.630. The van der Waals surface area contributed by atoms with Crippen LogP contribution in [0.25, 0.3) is 22.3 Å². The summed E-state index contributed by atoms with van der Waals surface area (Å²) < 4.78 is 5.83. The van der Waals surface area contributed by atoms with Gasteiger partial charge < -0.3 is 15.0 Å². The number of amides is 1. The van der Waals surface area contributed by atoms with Crippen LogP contribution in [0, 0.1) is 5.92 Å². The van der Waals surface area contributed by atoms with Crippen LogP contribution in [0.3, 0.4) is 0 Å². The number of para-hydroxylation sites is 2. The number of rotatable bonds is 7. The maximum absolute atomic E-state index is 12.4. The molecule has 1 aliphatic heterocycles. The van der Waals surface area contributed by atoms with Crippen LogP contribution >= 0.6 is 0 Å². The molecule has 3 aromatic rings. The van der Waals surface area contributed by atoms with Gasteiger partial charge in [-0.15, -0.1) is 0 Å². The lowest BCUT2D eigenvalue weighted by Crippen LogP contribution is -2.42. The highest BCUT2D eigenvalue weighted by Crippen LogP contribution is 2.22. The van der Waals surface area contributed by atoms with E-state index in [1.54, 1.807) is 13.1 Å². The van der Waals surface area contributed by atoms with E-state index >= 15 is 0 Å². The second-order valence-electron chi connectivity index (χ2n) is 8.34. The predicted octanol–water partition coefficient (Wildman–Crippen LogP) is 3.91. The Bertz CT molecular complexity index is 1010. The summed E-state index contributed by atoms with van der Waals surface area (Å²) in [6.45, 7) is 7.88. The van der Waals surface area contributed by atoms with Crippen molar-refractivity contribution in [3.05, 3.63) is 54.7 Å². The third-order valence-corrected chi connectivity index (χ3v) is 5.88. The third-order valence-electron chi connectivity index (χ3n) is 5.88. The van der Waals surface area contributed by atoms with Gasteiger partial charge in [-0.1, -0.05) is 19.1 Å². The number of carbonyl (C=O) groups is 1. The molecule has 0 spiro atoms. The number of aromatic nitrogens is 2. The van der Waals surface area contributed by atoms with Crippen molar-refractivity contribution in [1.29, 1.82) is 0 Å². The molecule has 1 aromatic heterocycles. The van der Waals surface area contributed by atoms with E-state index < -0.39 is 6.10 Å². The fourth-order valence-electron chi connectivity index (χ4n) is 3.82. The van der Waals surface area contributed by atoms with Crippen molar-refractivity contribution in [3.63, 3.8) is 0 Å². The van der Waals surface area contributed by atoms with Crippen LogP contribution in [0.5, 0.6) is 5.75 Å². The molecule has 2 aromatic carbocycles. The van der Waals surface area contributed by atoms with Crippen LogP contribution in [0.15, 0.2) is 54.7 Å². The smallest absolute Gasteiger partial charge is 0.260 e. The second-order valence-corrected chi connectivity index (χ2v) is 8.34. The Kier molecular flexibility index (Phi) is 6.77. The number of hydrogen-bond donors (Lipinski definition) is 1. The molecule has 6 heteroatoms. The topological polar surface area (TPSA) is 67.4 Å². The Morgan fingerprint density at radius 1 is 1.13 bits per heavy atom. The molecule has 1 atom stereocenters. The predicted molar refractivity (Wildman–Crippen MR) is 123 cm³/mol. The van der Waals surface area contributed by atoms with Gasteiger partial charge >= 0.3 is 0 Å². The van der Waals surface area contributed by atoms with Gasteiger partial charge in [0.15, 0.2) is 6.10 Å². The van der Waals surface area contributed by atoms with Crippen molar-refractivity contribution in [2.24, 2.45) is 5.92 Å². The van der Waals surface area contributed by atoms with Crippen LogP contribution in [0.4, 0.5) is 0 Å². The molecule has 1 amide bonds. The van der Waals surface area contributed by atoms with Gasteiger partial charge in [-0.3, -0.25) is 9.78 Å². The van der Waals surface area contributed by atoms with E-state index in [4.69, 9.17) is 4.74 Å². The van der Waals surface area contributed by atoms with Gasteiger partial charge in [0.1, 0.15) is 5.75 Å². The molecule has 2 heterocycles. The van der Waals surface area contributed by atoms with Gasteiger partial charge in [-0.25, -0.2) is 4.98 Å². The highest BCUT2D eigenvalue weighted by molar-refractivity contribution is 5.80. The number of nitrogens with zero attached hydrogens (tertiary/aromatic N) is 3. The minimum atomic E-state index is -0.548. The average Bonchev–Trinajstić information content (AvgIpc) is 2.80. The summed E-state index contributed by atoms with van der Waals surface area (Å²) in [5.41, 5.74) is 3.51. The highest BCUT2D eigenvalue weighted by Gasteiger charge is 2.17. The molecular formula is C25H30N4O2. The summed E-state index contributed by atoms with van der Waals surface area (Å²) in [5.74, 6) is 1.39. The molecule has 6 nitrogen and oxygen atoms in total. The Labute approximate surface area is 183 Å². The van der Waals surface area contributed by atoms with E-state index in [0.29, 0.717) is 12.3 Å². The monoisotopic (exact) mass is 418 g/mol. The largest absolute Gasteiger partial charge is 0.481 e. The number of hydrogen-bond acceptors (Lipinski definition) is 5. The number of carbonyl (C=O) groups excluding carboxylic acids is 1. The van der Waals surface area contributed by atoms with E-state index in [1.165, 1.54) is 12.8 Å². The molecule has 1 N–H and O–H groups in total. The molecule has 0 aliphatic carbocycles. The summed E-state index contributed by atoms with van der Waals surface area (Å²) >= 11 is 0. The van der Waals surface area contributed by atoms with E-state index in [2.05, 4.69) is 27.1 Å². The molecule has 0 unspecified atom stereocenters. The molecular weight excluding hydrogens is 388 g/mol. The number of benzene rings is 2. The molecule has 4 rings (SSSR count). The fraction of sp³-hybridized carbons (Fsp3) is 0.400. The van der Waals surface area contributed by atoms with Crippen LogP contribution in [0.1, 0.15) is 26.7 Å². The summed E-state index contributed by atoms with van der Waals surface area (Å²) in [5, 5.41) is 2.99. The highest BCUT2D eigenvalue weighted by atomic mass is 16.5. The van der Waals surface area contributed by atoms with E-state index in [9.17, 15) is 4.79 Å². The Hall–Kier alpha value is -2.99. The molecule has 1 fully saturated rings. The first kappa shape index (κ1) is 21.2. The second kappa shape index (κ2) is 9.88. The Morgan fingerprint density at radius 2 is 1.84 bits per heavy atom. The van der Waals surface area contributed by atoms with Crippen molar-refractivity contribution in [2.45, 2.75) is 32.8 Å². The minimum Gasteiger partial charge on any atom is -0.481 e. The number of likely N-dealkylation sites (tertiary alicyclic amines) is 1. The Morgan fingerprint density at radius 3 is 2.58 bits per heavy atom. The lowest BCUT2D eigenvalue weighted by molar-refractivity contribution is -0.127. The summed E-state index contributed by atoms with van der Waals surface area (Å²) in [6.07, 6.45) is 3.72. The van der Waals surface area contributed by atoms with Gasteiger partial charge in [0.25, 0.3) is 5.91 Å². The zero-order chi connectivity index (χ0) is 21.6. The van der Waals surface area contributed by atoms with Gasteiger partial charge in [-0.05, 0) is 75.2 Å². The number of nitrogens with one attached hydrogen (secondary N) is 1. The van der Waals surface area contributed by atoms with Crippen molar-refractivity contribution < 1.29 is 9.53 Å². The van der Waals surface area contributed by atoms with Gasteiger partial charge in [0, 0.05) is 18.7 Å². The van der Waals surface area contributed by atoms with Crippen molar-refractivity contribution in [2.75, 3.05) is 26.2 Å². The fourth-order valence-corrected chi connectivity index (χ4v) is 3.82. The minimum absolute atomic E-state index is 0.0881. The van der Waals surface area contributed by atoms with Crippen LogP contribution in [-0.4, -0.2) is 53.1 Å². The van der Waals surface area contributed by atoms with Crippen LogP contribution < -0.4 is 10.1 Å². The summed E-state index contributed by atoms with van der Waals surface area (Å²) in [6, 6.07) is 15.4. The summed E-state index contributed by atoms with van der Waals surface area (Å²) in [4.78, 5) is 23.9. The van der Waals surface area contributed by atoms with E-state index in [1.807, 2.05) is 48.5 Å². The maximum Gasteiger partial charge on any atom is 0.260 e. The molecule has 0 radical (unpaired) electrons. The molecule has 0 bridgehead atoms. The van der Waals surface area contributed by atoms with Gasteiger partial charge in [-0.2, -0.15) is 0 Å². The van der Waals surface area contributed by atoms with Crippen LogP contribution in [0.2, 0.25) is 0 Å². The molecule has 1 saturated heterocycles. The maximum atomic E-state index is 12.4. The molecule has 1 aliphatic rings. The van der Waals surface area contributed by atoms with E-state index in [-0.39, 0.29) is 5.91 Å². The number of fused-ring (bicyclic) bond motifs is 1. The normalized spacial score (nSPS) is 16.2. The Balaban J connectivity index is 1.28. The third kappa shape index (κ3) is 5.58. The zero-order valence-corrected chi connectivity index (χ0v) is 18.3. The van der Waals surface area contributed by atoms with Crippen molar-refractivity contribution in [3.8, 4) is 17.0 Å². The van der Waals surface area contributed by atoms with E-state index in [0.717, 1.165) is 47.8 Å². The number of ether oxygens (including phenoxy) is 1. The lowest BCUT2D eigenvalue weighted by atomic mass is 9.99. The van der Waals surface area contributed by atoms with Crippen molar-refractivity contribution in [1.82, 2.24) is 20.2 Å². The van der Waals surface area contributed by atoms with Crippen molar-refractivity contribution >= 4 is 16.9 Å². The van der Waals surface area contributed by atoms with Gasteiger partial charge in [0.2, 0.25) is 0 Å². The standard InChI is InChI=1S/C25H30N4O2/c1-18-11-14-29(15-12-18)16-13-26-25(30)19(2)31-21-9-7-20(8-10-21)24-17-27-22-5-3-4-6-23(22)28-24/h3-10,17-19H,11-16H2,1-2H3,(H,26,30)/t19-/m0/s1. The molecule has 162 valence electrons. The first-order chi connectivity index (χ1) is 15.1. The first-order valence-corrected chi connectivity index (χ1v) is 11.1. The first-order valence-electron chi connectivity index (χ1n) is 11.1. The average molecular weight is 419 g/mol.